The molecular weight excluding hydrogens is 386 g/mol. The second-order valence-corrected chi connectivity index (χ2v) is 10.9. The number of piperidine rings is 1. The third-order valence-corrected chi connectivity index (χ3v) is 6.73. The molecule has 1 fully saturated rings. The molecule has 2 aromatic rings. The van der Waals surface area contributed by atoms with Gasteiger partial charge in [-0.1, -0.05) is 0 Å². The van der Waals surface area contributed by atoms with E-state index in [4.69, 9.17) is 4.74 Å². The Hall–Kier alpha value is -1.77. The summed E-state index contributed by atoms with van der Waals surface area (Å²) in [6.07, 6.45) is 2.10. The molecule has 7 nitrogen and oxygen atoms in total. The number of aromatic nitrogens is 3. The normalized spacial score (nSPS) is 19.7. The second-order valence-electron chi connectivity index (χ2n) is 9.51. The molecule has 0 bridgehead atoms. The summed E-state index contributed by atoms with van der Waals surface area (Å²) in [4.78, 5) is 18.1. The van der Waals surface area contributed by atoms with Crippen LogP contribution >= 0.6 is 11.3 Å². The molecule has 29 heavy (non-hydrogen) atoms. The molecule has 2 aliphatic heterocycles. The Morgan fingerprint density at radius 2 is 2.03 bits per heavy atom. The molecule has 1 spiro atoms. The van der Waals surface area contributed by atoms with Crippen molar-refractivity contribution < 1.29 is 9.53 Å². The highest BCUT2D eigenvalue weighted by Crippen LogP contribution is 2.37. The van der Waals surface area contributed by atoms with Crippen LogP contribution in [0.1, 0.15) is 59.8 Å². The van der Waals surface area contributed by atoms with E-state index in [-0.39, 0.29) is 16.9 Å². The van der Waals surface area contributed by atoms with Gasteiger partial charge < -0.3 is 14.6 Å². The van der Waals surface area contributed by atoms with E-state index in [1.165, 1.54) is 9.75 Å². The number of carbonyl (C=O) groups excluding carboxylic acids is 1. The van der Waals surface area contributed by atoms with Gasteiger partial charge >= 0.3 is 0 Å². The molecular formula is C21H31N5O2S. The third kappa shape index (κ3) is 4.70. The van der Waals surface area contributed by atoms with Crippen LogP contribution in [0.15, 0.2) is 12.1 Å². The van der Waals surface area contributed by atoms with Crippen molar-refractivity contribution >= 4 is 17.2 Å². The highest BCUT2D eigenvalue weighted by molar-refractivity contribution is 7.11. The minimum atomic E-state index is -0.312. The molecule has 0 atom stereocenters. The first kappa shape index (κ1) is 20.5. The van der Waals surface area contributed by atoms with E-state index in [0.717, 1.165) is 44.8 Å². The lowest BCUT2D eigenvalue weighted by molar-refractivity contribution is -0.00553. The van der Waals surface area contributed by atoms with Crippen LogP contribution in [-0.2, 0) is 24.4 Å². The van der Waals surface area contributed by atoms with E-state index in [0.29, 0.717) is 19.0 Å². The topological polar surface area (TPSA) is 72.3 Å². The van der Waals surface area contributed by atoms with Crippen molar-refractivity contribution in [3.05, 3.63) is 33.5 Å². The van der Waals surface area contributed by atoms with E-state index in [2.05, 4.69) is 39.5 Å². The minimum absolute atomic E-state index is 0.0340. The average molecular weight is 418 g/mol. The number of nitrogens with one attached hydrogen (secondary N) is 1. The Bertz CT molecular complexity index is 874. The number of likely N-dealkylation sites (tertiary alicyclic amines) is 1. The van der Waals surface area contributed by atoms with Gasteiger partial charge in [0.1, 0.15) is 6.61 Å². The second kappa shape index (κ2) is 7.81. The van der Waals surface area contributed by atoms with E-state index in [1.807, 2.05) is 36.7 Å². The Morgan fingerprint density at radius 1 is 1.28 bits per heavy atom. The van der Waals surface area contributed by atoms with Gasteiger partial charge in [-0.05, 0) is 65.8 Å². The average Bonchev–Trinajstić information content (AvgIpc) is 3.17. The first-order valence-corrected chi connectivity index (χ1v) is 11.1. The predicted octanol–water partition coefficient (Wildman–Crippen LogP) is 2.99. The predicted molar refractivity (Wildman–Crippen MR) is 113 cm³/mol. The Balaban J connectivity index is 1.46. The van der Waals surface area contributed by atoms with Crippen molar-refractivity contribution in [2.75, 3.05) is 19.7 Å². The highest BCUT2D eigenvalue weighted by Gasteiger charge is 2.39. The number of amides is 1. The van der Waals surface area contributed by atoms with Gasteiger partial charge in [0.05, 0.1) is 6.61 Å². The van der Waals surface area contributed by atoms with Crippen molar-refractivity contribution in [2.24, 2.45) is 5.41 Å². The summed E-state index contributed by atoms with van der Waals surface area (Å²) in [6, 6.07) is 4.44. The zero-order valence-electron chi connectivity index (χ0n) is 17.8. The van der Waals surface area contributed by atoms with Crippen LogP contribution in [0.4, 0.5) is 0 Å². The van der Waals surface area contributed by atoms with Gasteiger partial charge in [-0.2, -0.15) is 0 Å². The van der Waals surface area contributed by atoms with Crippen LogP contribution in [-0.4, -0.2) is 50.8 Å². The van der Waals surface area contributed by atoms with Crippen molar-refractivity contribution in [1.29, 1.82) is 0 Å². The fourth-order valence-electron chi connectivity index (χ4n) is 4.19. The van der Waals surface area contributed by atoms with Gasteiger partial charge in [0.2, 0.25) is 5.82 Å². The van der Waals surface area contributed by atoms with E-state index in [1.54, 1.807) is 0 Å². The molecule has 0 radical (unpaired) electrons. The molecule has 0 unspecified atom stereocenters. The first-order valence-electron chi connectivity index (χ1n) is 10.3. The fraction of sp³-hybridized carbons (Fsp3) is 0.667. The van der Waals surface area contributed by atoms with Gasteiger partial charge in [0.25, 0.3) is 5.91 Å². The summed E-state index contributed by atoms with van der Waals surface area (Å²) < 4.78 is 7.99. The number of rotatable bonds is 3. The fourth-order valence-corrected chi connectivity index (χ4v) is 5.12. The molecule has 1 N–H and O–H groups in total. The van der Waals surface area contributed by atoms with Gasteiger partial charge in [0.15, 0.2) is 5.82 Å². The summed E-state index contributed by atoms with van der Waals surface area (Å²) in [5.41, 5.74) is -0.278. The summed E-state index contributed by atoms with van der Waals surface area (Å²) in [7, 11) is 0. The molecule has 0 aromatic carbocycles. The van der Waals surface area contributed by atoms with Crippen LogP contribution in [0.5, 0.6) is 0 Å². The lowest BCUT2D eigenvalue weighted by Crippen LogP contribution is -2.45. The number of aryl methyl sites for hydroxylation is 1. The lowest BCUT2D eigenvalue weighted by Gasteiger charge is -2.41. The molecule has 4 heterocycles. The van der Waals surface area contributed by atoms with Gasteiger partial charge in [-0.3, -0.25) is 9.69 Å². The number of ether oxygens (including phenoxy) is 1. The molecule has 8 heteroatoms. The molecule has 0 saturated carbocycles. The number of hydrogen-bond donors (Lipinski definition) is 1. The lowest BCUT2D eigenvalue weighted by atomic mass is 9.79. The molecule has 1 saturated heterocycles. The molecule has 158 valence electrons. The molecule has 1 amide bonds. The summed E-state index contributed by atoms with van der Waals surface area (Å²) in [6.45, 7) is 13.0. The number of fused-ring (bicyclic) bond motifs is 1. The van der Waals surface area contributed by atoms with Gasteiger partial charge in [0, 0.05) is 33.8 Å². The van der Waals surface area contributed by atoms with Gasteiger partial charge in [-0.15, -0.1) is 21.5 Å². The van der Waals surface area contributed by atoms with Crippen LogP contribution < -0.4 is 5.32 Å². The largest absolute Gasteiger partial charge is 0.373 e. The summed E-state index contributed by atoms with van der Waals surface area (Å²) in [5.74, 6) is 0.979. The maximum atomic E-state index is 12.8. The van der Waals surface area contributed by atoms with Gasteiger partial charge in [-0.25, -0.2) is 0 Å². The molecule has 0 aliphatic carbocycles. The first-order chi connectivity index (χ1) is 13.7. The number of thiophene rings is 1. The zero-order chi connectivity index (χ0) is 20.6. The Morgan fingerprint density at radius 3 is 2.69 bits per heavy atom. The van der Waals surface area contributed by atoms with Crippen molar-refractivity contribution in [3.8, 4) is 0 Å². The Labute approximate surface area is 176 Å². The third-order valence-electron chi connectivity index (χ3n) is 5.74. The van der Waals surface area contributed by atoms with E-state index >= 15 is 0 Å². The number of hydrogen-bond acceptors (Lipinski definition) is 6. The standard InChI is InChI=1S/C21H31N5O2S/c1-15-5-6-16(29-15)11-25-9-7-21(8-10-25)13-26-17(12-28-14-21)23-24-18(26)19(27)22-20(2,3)4/h5-6H,7-14H2,1-4H3,(H,22,27). The van der Waals surface area contributed by atoms with Crippen LogP contribution in [0, 0.1) is 12.3 Å². The smallest absolute Gasteiger partial charge is 0.289 e. The number of carbonyl (C=O) groups is 1. The van der Waals surface area contributed by atoms with Crippen LogP contribution in [0.3, 0.4) is 0 Å². The van der Waals surface area contributed by atoms with E-state index < -0.39 is 0 Å². The summed E-state index contributed by atoms with van der Waals surface area (Å²) in [5, 5.41) is 11.4. The molecule has 2 aliphatic rings. The minimum Gasteiger partial charge on any atom is -0.373 e. The highest BCUT2D eigenvalue weighted by atomic mass is 32.1. The van der Waals surface area contributed by atoms with Crippen molar-refractivity contribution in [1.82, 2.24) is 25.0 Å². The quantitative estimate of drug-likeness (QED) is 0.831. The number of nitrogens with zero attached hydrogens (tertiary/aromatic N) is 4. The van der Waals surface area contributed by atoms with Crippen molar-refractivity contribution in [2.45, 2.75) is 65.8 Å². The molecule has 2 aromatic heterocycles. The van der Waals surface area contributed by atoms with Crippen LogP contribution in [0.25, 0.3) is 0 Å². The maximum Gasteiger partial charge on any atom is 0.289 e. The molecule has 4 rings (SSSR count). The van der Waals surface area contributed by atoms with E-state index in [9.17, 15) is 4.79 Å². The van der Waals surface area contributed by atoms with Crippen LogP contribution in [0.2, 0.25) is 0 Å². The Kier molecular flexibility index (Phi) is 5.52. The zero-order valence-corrected chi connectivity index (χ0v) is 18.6. The van der Waals surface area contributed by atoms with Crippen molar-refractivity contribution in [3.63, 3.8) is 0 Å². The monoisotopic (exact) mass is 417 g/mol. The SMILES string of the molecule is Cc1ccc(CN2CCC3(CC2)COCc2nnc(C(=O)NC(C)(C)C)n2C3)s1. The summed E-state index contributed by atoms with van der Waals surface area (Å²) >= 11 is 1.88. The maximum absolute atomic E-state index is 12.8.